The summed E-state index contributed by atoms with van der Waals surface area (Å²) in [7, 11) is 1.81. The van der Waals surface area contributed by atoms with Crippen LogP contribution in [-0.2, 0) is 13.7 Å². The van der Waals surface area contributed by atoms with E-state index < -0.39 is 0 Å². The molecule has 1 atom stereocenters. The molecule has 0 saturated heterocycles. The molecular formula is C28H22ClN3O2. The number of rotatable bonds is 1. The fraction of sp³-hybridized carbons (Fsp3) is 0.143. The molecule has 0 radical (unpaired) electrons. The number of aryl methyl sites for hydroxylation is 2. The number of ether oxygens (including phenoxy) is 1. The van der Waals surface area contributed by atoms with E-state index in [0.29, 0.717) is 11.6 Å². The molecule has 168 valence electrons. The molecule has 0 N–H and O–H groups in total. The average Bonchev–Trinajstić information content (AvgIpc) is 3.26. The lowest BCUT2D eigenvalue weighted by Crippen LogP contribution is -2.17. The standard InChI is InChI=1S/C28H22ClN3O2/c1-17-14-30-16-32(17)28-19-6-8-25(29)21(10-19)15-34-22-5-3-4-18(11-22)23-13-27(33)31(2)26-9-7-20(28)12-24(23)26/h3-14,16,28H,15H2,1-2H3/t28-/m1/s1. The molecule has 2 aromatic heterocycles. The molecule has 0 spiro atoms. The van der Waals surface area contributed by atoms with Gasteiger partial charge in [-0.25, -0.2) is 4.98 Å². The molecular weight excluding hydrogens is 446 g/mol. The van der Waals surface area contributed by atoms with Crippen LogP contribution in [-0.4, -0.2) is 14.1 Å². The number of nitrogens with zero attached hydrogens (tertiary/aromatic N) is 3. The van der Waals surface area contributed by atoms with E-state index in [-0.39, 0.29) is 11.6 Å². The summed E-state index contributed by atoms with van der Waals surface area (Å²) in [6.45, 7) is 2.39. The first kappa shape index (κ1) is 20.8. The van der Waals surface area contributed by atoms with Crippen molar-refractivity contribution in [3.63, 3.8) is 0 Å². The fourth-order valence-electron chi connectivity index (χ4n) is 4.83. The van der Waals surface area contributed by atoms with Crippen molar-refractivity contribution >= 4 is 22.5 Å². The van der Waals surface area contributed by atoms with Gasteiger partial charge in [0.25, 0.3) is 5.56 Å². The molecule has 3 heterocycles. The molecule has 6 heteroatoms. The second-order valence-electron chi connectivity index (χ2n) is 8.74. The third-order valence-corrected chi connectivity index (χ3v) is 7.02. The molecule has 34 heavy (non-hydrogen) atoms. The van der Waals surface area contributed by atoms with E-state index in [1.54, 1.807) is 10.6 Å². The zero-order chi connectivity index (χ0) is 23.4. The van der Waals surface area contributed by atoms with Gasteiger partial charge in [-0.1, -0.05) is 35.9 Å². The van der Waals surface area contributed by atoms with Gasteiger partial charge < -0.3 is 13.9 Å². The van der Waals surface area contributed by atoms with Crippen LogP contribution in [0.3, 0.4) is 0 Å². The number of fused-ring (bicyclic) bond motifs is 6. The number of aromatic nitrogens is 3. The molecule has 6 rings (SSSR count). The maximum Gasteiger partial charge on any atom is 0.251 e. The number of halogens is 1. The largest absolute Gasteiger partial charge is 0.489 e. The van der Waals surface area contributed by atoms with Gasteiger partial charge in [-0.15, -0.1) is 0 Å². The number of pyridine rings is 1. The van der Waals surface area contributed by atoms with Crippen molar-refractivity contribution in [2.45, 2.75) is 19.6 Å². The number of benzene rings is 3. The molecule has 0 fully saturated rings. The first-order valence-electron chi connectivity index (χ1n) is 11.1. The average molecular weight is 468 g/mol. The number of imidazole rings is 1. The Morgan fingerprint density at radius 2 is 1.85 bits per heavy atom. The molecule has 1 aliphatic rings. The summed E-state index contributed by atoms with van der Waals surface area (Å²) in [5.74, 6) is 0.727. The van der Waals surface area contributed by atoms with E-state index >= 15 is 0 Å². The van der Waals surface area contributed by atoms with Crippen molar-refractivity contribution in [3.05, 3.63) is 117 Å². The lowest BCUT2D eigenvalue weighted by molar-refractivity contribution is 0.306. The molecule has 5 aromatic rings. The molecule has 0 aliphatic carbocycles. The van der Waals surface area contributed by atoms with Crippen LogP contribution in [0.4, 0.5) is 0 Å². The lowest BCUT2D eigenvalue weighted by atomic mass is 9.93. The van der Waals surface area contributed by atoms with E-state index in [0.717, 1.165) is 50.2 Å². The topological polar surface area (TPSA) is 49.1 Å². The molecule has 5 nitrogen and oxygen atoms in total. The van der Waals surface area contributed by atoms with Gasteiger partial charge in [0.2, 0.25) is 0 Å². The SMILES string of the molecule is Cc1cncn1[C@@H]1c2ccc(Cl)c(c2)COc2cccc(c2)-c2cc(=O)n(C)c3ccc1cc23. The van der Waals surface area contributed by atoms with Crippen molar-refractivity contribution in [2.24, 2.45) is 7.05 Å². The highest BCUT2D eigenvalue weighted by atomic mass is 35.5. The van der Waals surface area contributed by atoms with Gasteiger partial charge >= 0.3 is 0 Å². The normalized spacial score (nSPS) is 14.9. The minimum atomic E-state index is -0.114. The Hall–Kier alpha value is -3.83. The monoisotopic (exact) mass is 467 g/mol. The molecule has 6 bridgehead atoms. The second kappa shape index (κ2) is 7.89. The third kappa shape index (κ3) is 3.32. The van der Waals surface area contributed by atoms with Crippen LogP contribution in [0.1, 0.15) is 28.4 Å². The van der Waals surface area contributed by atoms with Gasteiger partial charge in [0.1, 0.15) is 12.4 Å². The summed E-state index contributed by atoms with van der Waals surface area (Å²) < 4.78 is 10.0. The Morgan fingerprint density at radius 1 is 1.03 bits per heavy atom. The van der Waals surface area contributed by atoms with Gasteiger partial charge in [-0.05, 0) is 65.6 Å². The van der Waals surface area contributed by atoms with Crippen LogP contribution in [0.25, 0.3) is 22.0 Å². The Morgan fingerprint density at radius 3 is 2.68 bits per heavy atom. The first-order valence-corrected chi connectivity index (χ1v) is 11.5. The van der Waals surface area contributed by atoms with Crippen LogP contribution >= 0.6 is 11.6 Å². The summed E-state index contributed by atoms with van der Waals surface area (Å²) in [4.78, 5) is 17.2. The maximum absolute atomic E-state index is 12.8. The number of hydrogen-bond acceptors (Lipinski definition) is 3. The Kier molecular flexibility index (Phi) is 4.82. The van der Waals surface area contributed by atoms with Gasteiger partial charge in [-0.2, -0.15) is 0 Å². The molecule has 0 saturated carbocycles. The van der Waals surface area contributed by atoms with E-state index in [2.05, 4.69) is 40.7 Å². The second-order valence-corrected chi connectivity index (χ2v) is 9.15. The predicted molar refractivity (Wildman–Crippen MR) is 135 cm³/mol. The number of hydrogen-bond donors (Lipinski definition) is 0. The Labute approximate surface area is 201 Å². The first-order chi connectivity index (χ1) is 16.5. The Bertz CT molecular complexity index is 1630. The third-order valence-electron chi connectivity index (χ3n) is 6.65. The smallest absolute Gasteiger partial charge is 0.251 e. The zero-order valence-corrected chi connectivity index (χ0v) is 19.6. The van der Waals surface area contributed by atoms with Crippen molar-refractivity contribution in [1.82, 2.24) is 14.1 Å². The molecule has 0 unspecified atom stereocenters. The van der Waals surface area contributed by atoms with Gasteiger partial charge in [0.15, 0.2) is 0 Å². The van der Waals surface area contributed by atoms with E-state index in [9.17, 15) is 4.79 Å². The summed E-state index contributed by atoms with van der Waals surface area (Å²) in [6, 6.07) is 21.9. The van der Waals surface area contributed by atoms with Crippen molar-refractivity contribution in [2.75, 3.05) is 0 Å². The lowest BCUT2D eigenvalue weighted by Gasteiger charge is -2.23. The van der Waals surface area contributed by atoms with Crippen LogP contribution in [0.2, 0.25) is 5.02 Å². The fourth-order valence-corrected chi connectivity index (χ4v) is 5.00. The predicted octanol–water partition coefficient (Wildman–Crippen LogP) is 5.89. The Balaban J connectivity index is 1.72. The van der Waals surface area contributed by atoms with E-state index in [1.807, 2.05) is 56.0 Å². The summed E-state index contributed by atoms with van der Waals surface area (Å²) in [5, 5.41) is 1.67. The minimum Gasteiger partial charge on any atom is -0.489 e. The van der Waals surface area contributed by atoms with Crippen LogP contribution < -0.4 is 10.3 Å². The summed E-state index contributed by atoms with van der Waals surface area (Å²) in [5.41, 5.74) is 6.80. The summed E-state index contributed by atoms with van der Waals surface area (Å²) in [6.07, 6.45) is 3.72. The quantitative estimate of drug-likeness (QED) is 0.308. The highest BCUT2D eigenvalue weighted by Gasteiger charge is 2.21. The maximum atomic E-state index is 12.8. The molecule has 3 aromatic carbocycles. The molecule has 1 aliphatic heterocycles. The van der Waals surface area contributed by atoms with Crippen LogP contribution in [0.5, 0.6) is 5.75 Å². The van der Waals surface area contributed by atoms with E-state index in [1.165, 1.54) is 0 Å². The molecule has 0 amide bonds. The minimum absolute atomic E-state index is 0.0497. The highest BCUT2D eigenvalue weighted by Crippen LogP contribution is 2.36. The van der Waals surface area contributed by atoms with Gasteiger partial charge in [0.05, 0.1) is 17.9 Å². The van der Waals surface area contributed by atoms with Gasteiger partial charge in [0, 0.05) is 41.0 Å². The van der Waals surface area contributed by atoms with E-state index in [4.69, 9.17) is 16.3 Å². The zero-order valence-electron chi connectivity index (χ0n) is 18.8. The van der Waals surface area contributed by atoms with Crippen molar-refractivity contribution < 1.29 is 4.74 Å². The van der Waals surface area contributed by atoms with Crippen LogP contribution in [0.15, 0.2) is 84.0 Å². The van der Waals surface area contributed by atoms with Crippen molar-refractivity contribution in [1.29, 1.82) is 0 Å². The van der Waals surface area contributed by atoms with Crippen molar-refractivity contribution in [3.8, 4) is 16.9 Å². The highest BCUT2D eigenvalue weighted by molar-refractivity contribution is 6.31. The summed E-state index contributed by atoms with van der Waals surface area (Å²) >= 11 is 6.57. The van der Waals surface area contributed by atoms with Gasteiger partial charge in [-0.3, -0.25) is 4.79 Å². The van der Waals surface area contributed by atoms with Crippen LogP contribution in [0, 0.1) is 6.92 Å².